The molecule has 0 N–H and O–H groups in total. The summed E-state index contributed by atoms with van der Waals surface area (Å²) in [6.07, 6.45) is 0. The van der Waals surface area contributed by atoms with Crippen molar-refractivity contribution in [2.75, 3.05) is 13.9 Å². The van der Waals surface area contributed by atoms with E-state index in [1.807, 2.05) is 18.2 Å². The zero-order valence-corrected chi connectivity index (χ0v) is 16.8. The van der Waals surface area contributed by atoms with Gasteiger partial charge in [-0.3, -0.25) is 0 Å². The van der Waals surface area contributed by atoms with Gasteiger partial charge < -0.3 is 18.9 Å². The summed E-state index contributed by atoms with van der Waals surface area (Å²) in [5.41, 5.74) is 0.900. The minimum atomic E-state index is -0.360. The highest BCUT2D eigenvalue weighted by molar-refractivity contribution is 7.07. The van der Waals surface area contributed by atoms with Crippen LogP contribution >= 0.6 is 11.5 Å². The Balaban J connectivity index is 1.48. The van der Waals surface area contributed by atoms with Gasteiger partial charge in [0.25, 0.3) is 5.19 Å². The third-order valence-electron chi connectivity index (χ3n) is 4.42. The number of rotatable bonds is 5. The zero-order chi connectivity index (χ0) is 20.7. The molecular weight excluding hydrogens is 410 g/mol. The van der Waals surface area contributed by atoms with Gasteiger partial charge in [0.1, 0.15) is 0 Å². The summed E-state index contributed by atoms with van der Waals surface area (Å²) in [4.78, 5) is 17.0. The number of ether oxygens (including phenoxy) is 4. The molecule has 30 heavy (non-hydrogen) atoms. The predicted octanol–water partition coefficient (Wildman–Crippen LogP) is 2.62. The van der Waals surface area contributed by atoms with Crippen molar-refractivity contribution in [2.24, 2.45) is 7.05 Å². The quantitative estimate of drug-likeness (QED) is 0.481. The van der Waals surface area contributed by atoms with E-state index in [2.05, 4.69) is 14.5 Å². The maximum Gasteiger partial charge on any atom is 0.353 e. The third-order valence-corrected chi connectivity index (χ3v) is 5.01. The van der Waals surface area contributed by atoms with Crippen LogP contribution in [0.1, 0.15) is 0 Å². The molecule has 10 nitrogen and oxygen atoms in total. The van der Waals surface area contributed by atoms with Crippen molar-refractivity contribution in [1.82, 2.24) is 23.7 Å². The van der Waals surface area contributed by atoms with Gasteiger partial charge in [-0.25, -0.2) is 14.0 Å². The topological polar surface area (TPSA) is 103 Å². The fourth-order valence-corrected chi connectivity index (χ4v) is 3.57. The molecule has 0 saturated heterocycles. The first-order valence-corrected chi connectivity index (χ1v) is 9.62. The van der Waals surface area contributed by atoms with Crippen molar-refractivity contribution in [3.05, 3.63) is 52.9 Å². The van der Waals surface area contributed by atoms with Gasteiger partial charge >= 0.3 is 11.7 Å². The van der Waals surface area contributed by atoms with Crippen molar-refractivity contribution in [1.29, 1.82) is 0 Å². The minimum Gasteiger partial charge on any atom is -0.467 e. The summed E-state index contributed by atoms with van der Waals surface area (Å²) in [6.45, 7) is 0.200. The molecule has 1 aliphatic heterocycles. The lowest BCUT2D eigenvalue weighted by atomic mass is 10.2. The molecule has 5 rings (SSSR count). The van der Waals surface area contributed by atoms with Crippen LogP contribution in [0, 0.1) is 0 Å². The van der Waals surface area contributed by atoms with Crippen molar-refractivity contribution < 1.29 is 18.9 Å². The summed E-state index contributed by atoms with van der Waals surface area (Å²) in [5.74, 6) is 2.26. The number of benzene rings is 2. The molecule has 3 heterocycles. The van der Waals surface area contributed by atoms with E-state index >= 15 is 0 Å². The Labute approximate surface area is 174 Å². The number of aryl methyl sites for hydroxylation is 1. The second-order valence-corrected chi connectivity index (χ2v) is 6.96. The minimum absolute atomic E-state index is 0.150. The number of hydrogen-bond acceptors (Lipinski definition) is 9. The largest absolute Gasteiger partial charge is 0.467 e. The Hall–Kier alpha value is -3.86. The monoisotopic (exact) mass is 425 g/mol. The number of aromatic nitrogens is 5. The summed E-state index contributed by atoms with van der Waals surface area (Å²) in [7, 11) is 3.00. The molecular formula is C19H15N5O5S. The zero-order valence-electron chi connectivity index (χ0n) is 15.9. The molecule has 0 spiro atoms. The maximum absolute atomic E-state index is 12.5. The molecule has 4 aromatic rings. The fourth-order valence-electron chi connectivity index (χ4n) is 3.01. The van der Waals surface area contributed by atoms with Gasteiger partial charge in [0.15, 0.2) is 23.1 Å². The first kappa shape index (κ1) is 18.2. The van der Waals surface area contributed by atoms with E-state index in [9.17, 15) is 4.79 Å². The summed E-state index contributed by atoms with van der Waals surface area (Å²) >= 11 is 1.10. The van der Waals surface area contributed by atoms with Gasteiger partial charge in [-0.1, -0.05) is 12.1 Å². The molecule has 0 saturated carbocycles. The maximum atomic E-state index is 12.5. The van der Waals surface area contributed by atoms with E-state index in [-0.39, 0.29) is 18.5 Å². The molecule has 0 amide bonds. The van der Waals surface area contributed by atoms with Gasteiger partial charge in [-0.05, 0) is 30.3 Å². The average Bonchev–Trinajstić information content (AvgIpc) is 3.48. The number of nitrogens with zero attached hydrogens (tertiary/aromatic N) is 5. The van der Waals surface area contributed by atoms with Crippen molar-refractivity contribution in [2.45, 2.75) is 0 Å². The van der Waals surface area contributed by atoms with Crippen LogP contribution in [-0.2, 0) is 7.05 Å². The Morgan fingerprint density at radius 3 is 2.83 bits per heavy atom. The first-order chi connectivity index (χ1) is 14.6. The van der Waals surface area contributed by atoms with Crippen LogP contribution in [0.5, 0.6) is 28.5 Å². The van der Waals surface area contributed by atoms with Crippen LogP contribution in [0.3, 0.4) is 0 Å². The molecule has 11 heteroatoms. The Kier molecular flexibility index (Phi) is 4.36. The lowest BCUT2D eigenvalue weighted by Gasteiger charge is -2.09. The van der Waals surface area contributed by atoms with Gasteiger partial charge in [0.05, 0.1) is 12.8 Å². The normalized spacial score (nSPS) is 12.2. The molecule has 0 unspecified atom stereocenters. The Bertz CT molecular complexity index is 1290. The highest BCUT2D eigenvalue weighted by Crippen LogP contribution is 2.37. The number of hydrogen-bond donors (Lipinski definition) is 0. The van der Waals surface area contributed by atoms with E-state index < -0.39 is 0 Å². The van der Waals surface area contributed by atoms with Crippen LogP contribution in [-0.4, -0.2) is 37.6 Å². The lowest BCUT2D eigenvalue weighted by Crippen LogP contribution is -2.22. The summed E-state index contributed by atoms with van der Waals surface area (Å²) < 4.78 is 28.8. The molecule has 0 fully saturated rings. The van der Waals surface area contributed by atoms with E-state index in [1.165, 1.54) is 16.4 Å². The van der Waals surface area contributed by atoms with Gasteiger partial charge in [0.2, 0.25) is 6.79 Å². The van der Waals surface area contributed by atoms with E-state index in [4.69, 9.17) is 18.9 Å². The number of para-hydroxylation sites is 2. The molecule has 2 aromatic heterocycles. The van der Waals surface area contributed by atoms with E-state index in [0.29, 0.717) is 34.0 Å². The Morgan fingerprint density at radius 2 is 1.97 bits per heavy atom. The molecule has 0 atom stereocenters. The van der Waals surface area contributed by atoms with Crippen LogP contribution in [0.25, 0.3) is 17.1 Å². The third kappa shape index (κ3) is 3.05. The average molecular weight is 425 g/mol. The highest BCUT2D eigenvalue weighted by atomic mass is 32.1. The van der Waals surface area contributed by atoms with Crippen molar-refractivity contribution >= 4 is 11.5 Å². The molecule has 0 bridgehead atoms. The summed E-state index contributed by atoms with van der Waals surface area (Å²) in [5, 5.41) is 4.39. The SMILES string of the molecule is COc1nn(C)c(=O)n1-c1ccccc1Oc1nc(-c2ccc3c(c2)OCO3)ns1. The standard InChI is InChI=1S/C19H15N5O5S/c1-23-19(25)24(17(21-23)26-2)12-5-3-4-6-13(12)29-18-20-16(22-30-18)11-7-8-14-15(9-11)28-10-27-14/h3-9H,10H2,1-2H3. The van der Waals surface area contributed by atoms with E-state index in [0.717, 1.165) is 17.1 Å². The van der Waals surface area contributed by atoms with Crippen LogP contribution in [0.4, 0.5) is 0 Å². The molecule has 0 radical (unpaired) electrons. The van der Waals surface area contributed by atoms with Gasteiger partial charge in [0, 0.05) is 24.1 Å². The van der Waals surface area contributed by atoms with Crippen LogP contribution in [0.15, 0.2) is 47.3 Å². The first-order valence-electron chi connectivity index (χ1n) is 8.85. The van der Waals surface area contributed by atoms with Gasteiger partial charge in [-0.15, -0.1) is 5.10 Å². The second-order valence-electron chi connectivity index (χ2n) is 6.25. The van der Waals surface area contributed by atoms with Crippen LogP contribution < -0.4 is 24.6 Å². The number of fused-ring (bicyclic) bond motifs is 1. The summed E-state index contributed by atoms with van der Waals surface area (Å²) in [6, 6.07) is 12.7. The molecule has 0 aliphatic carbocycles. The van der Waals surface area contributed by atoms with E-state index in [1.54, 1.807) is 31.3 Å². The fraction of sp³-hybridized carbons (Fsp3) is 0.158. The van der Waals surface area contributed by atoms with Crippen molar-refractivity contribution in [3.8, 4) is 45.5 Å². The van der Waals surface area contributed by atoms with Gasteiger partial charge in [-0.2, -0.15) is 9.36 Å². The molecule has 152 valence electrons. The smallest absolute Gasteiger partial charge is 0.353 e. The lowest BCUT2D eigenvalue weighted by molar-refractivity contribution is 0.174. The number of methoxy groups -OCH3 is 1. The van der Waals surface area contributed by atoms with Crippen molar-refractivity contribution in [3.63, 3.8) is 0 Å². The molecule has 1 aliphatic rings. The predicted molar refractivity (Wildman–Crippen MR) is 107 cm³/mol. The molecule has 2 aromatic carbocycles. The highest BCUT2D eigenvalue weighted by Gasteiger charge is 2.20. The van der Waals surface area contributed by atoms with Crippen LogP contribution in [0.2, 0.25) is 0 Å². The second kappa shape index (κ2) is 7.19. The Morgan fingerprint density at radius 1 is 1.13 bits per heavy atom.